The van der Waals surface area contributed by atoms with Crippen molar-refractivity contribution in [3.63, 3.8) is 0 Å². The molecule has 0 aromatic heterocycles. The first-order chi connectivity index (χ1) is 13.0. The molecule has 0 aliphatic rings. The highest BCUT2D eigenvalue weighted by Crippen LogP contribution is 2.25. The van der Waals surface area contributed by atoms with E-state index in [0.29, 0.717) is 0 Å². The Hall–Kier alpha value is -0.520. The van der Waals surface area contributed by atoms with Crippen molar-refractivity contribution in [2.75, 3.05) is 0 Å². The molecule has 0 radical (unpaired) electrons. The molecule has 1 atom stereocenters. The fraction of sp³-hybridized carbons (Fsp3) is 0.852. The summed E-state index contributed by atoms with van der Waals surface area (Å²) in [6.45, 7) is 15.6. The number of hydrogen-bond donors (Lipinski definition) is 0. The summed E-state index contributed by atoms with van der Waals surface area (Å²) in [7, 11) is 0. The Morgan fingerprint density at radius 3 is 1.85 bits per heavy atom. The lowest BCUT2D eigenvalue weighted by Crippen LogP contribution is -2.03. The Balaban J connectivity index is 3.86. The monoisotopic (exact) mass is 376 g/mol. The largest absolute Gasteiger partial charge is 0.103 e. The van der Waals surface area contributed by atoms with E-state index in [9.17, 15) is 0 Å². The van der Waals surface area contributed by atoms with Crippen molar-refractivity contribution in [2.45, 2.75) is 137 Å². The molecule has 0 bridgehead atoms. The van der Waals surface area contributed by atoms with Crippen molar-refractivity contribution in [2.24, 2.45) is 11.8 Å². The van der Waals surface area contributed by atoms with Gasteiger partial charge in [-0.3, -0.25) is 0 Å². The van der Waals surface area contributed by atoms with Crippen molar-refractivity contribution < 1.29 is 0 Å². The highest BCUT2D eigenvalue weighted by molar-refractivity contribution is 5.09. The predicted molar refractivity (Wildman–Crippen MR) is 126 cm³/mol. The van der Waals surface area contributed by atoms with Gasteiger partial charge >= 0.3 is 0 Å². The van der Waals surface area contributed by atoms with Crippen LogP contribution in [0.25, 0.3) is 0 Å². The second-order valence-electron chi connectivity index (χ2n) is 9.38. The van der Waals surface area contributed by atoms with Gasteiger partial charge < -0.3 is 0 Å². The number of unbranched alkanes of at least 4 members (excludes halogenated alkanes) is 7. The molecule has 0 saturated heterocycles. The Morgan fingerprint density at radius 1 is 0.704 bits per heavy atom. The van der Waals surface area contributed by atoms with E-state index >= 15 is 0 Å². The normalized spacial score (nSPS) is 13.7. The molecule has 0 aliphatic heterocycles. The fourth-order valence-corrected chi connectivity index (χ4v) is 3.95. The zero-order valence-corrected chi connectivity index (χ0v) is 19.8. The minimum atomic E-state index is 0.859. The number of hydrogen-bond acceptors (Lipinski definition) is 0. The summed E-state index contributed by atoms with van der Waals surface area (Å²) >= 11 is 0. The molecule has 0 aromatic rings. The van der Waals surface area contributed by atoms with Crippen LogP contribution >= 0.6 is 0 Å². The lowest BCUT2D eigenvalue weighted by Gasteiger charge is -2.18. The van der Waals surface area contributed by atoms with Gasteiger partial charge in [0.15, 0.2) is 0 Å². The van der Waals surface area contributed by atoms with Crippen LogP contribution in [0.4, 0.5) is 0 Å². The molecular formula is C27H52. The summed E-state index contributed by atoms with van der Waals surface area (Å²) in [4.78, 5) is 0. The van der Waals surface area contributed by atoms with Crippen molar-refractivity contribution in [1.82, 2.24) is 0 Å². The minimum Gasteiger partial charge on any atom is -0.103 e. The molecule has 0 aliphatic carbocycles. The Labute approximate surface area is 173 Å². The topological polar surface area (TPSA) is 0 Å². The number of rotatable bonds is 19. The summed E-state index contributed by atoms with van der Waals surface area (Å²) in [5.74, 6) is 1.83. The van der Waals surface area contributed by atoms with Gasteiger partial charge in [0.25, 0.3) is 0 Å². The SMILES string of the molecule is C=CCCCCC(CCCCCCCC(C)=C(C)CCCC)CCC(C)C. The lowest BCUT2D eigenvalue weighted by atomic mass is 9.88. The highest BCUT2D eigenvalue weighted by atomic mass is 14.2. The molecule has 160 valence electrons. The lowest BCUT2D eigenvalue weighted by molar-refractivity contribution is 0.354. The van der Waals surface area contributed by atoms with Gasteiger partial charge in [-0.2, -0.15) is 0 Å². The molecule has 1 unspecified atom stereocenters. The third-order valence-electron chi connectivity index (χ3n) is 6.22. The molecule has 0 amide bonds. The molecule has 0 spiro atoms. The van der Waals surface area contributed by atoms with E-state index in [1.807, 2.05) is 0 Å². The summed E-state index contributed by atoms with van der Waals surface area (Å²) < 4.78 is 0. The van der Waals surface area contributed by atoms with Crippen LogP contribution in [0.15, 0.2) is 23.8 Å². The van der Waals surface area contributed by atoms with Crippen molar-refractivity contribution in [1.29, 1.82) is 0 Å². The molecule has 0 heterocycles. The zero-order valence-electron chi connectivity index (χ0n) is 19.8. The van der Waals surface area contributed by atoms with Gasteiger partial charge in [0.1, 0.15) is 0 Å². The third-order valence-corrected chi connectivity index (χ3v) is 6.22. The first-order valence-corrected chi connectivity index (χ1v) is 12.3. The molecule has 0 saturated carbocycles. The Morgan fingerprint density at radius 2 is 1.26 bits per heavy atom. The standard InChI is InChI=1S/C27H52/c1-7-9-11-16-20-27(23-22-24(3)4)21-17-14-12-13-15-19-26(6)25(5)18-10-8-2/h7,24,27H,1,8-23H2,2-6H3. The van der Waals surface area contributed by atoms with E-state index in [4.69, 9.17) is 0 Å². The van der Waals surface area contributed by atoms with Crippen LogP contribution in [-0.4, -0.2) is 0 Å². The van der Waals surface area contributed by atoms with E-state index in [2.05, 4.69) is 47.3 Å². The van der Waals surface area contributed by atoms with E-state index in [0.717, 1.165) is 11.8 Å². The minimum absolute atomic E-state index is 0.859. The summed E-state index contributed by atoms with van der Waals surface area (Å²) in [6, 6.07) is 0. The van der Waals surface area contributed by atoms with Crippen LogP contribution in [0.5, 0.6) is 0 Å². The summed E-state index contributed by atoms with van der Waals surface area (Å²) in [5, 5.41) is 0. The van der Waals surface area contributed by atoms with Crippen LogP contribution < -0.4 is 0 Å². The van der Waals surface area contributed by atoms with Crippen LogP contribution in [0.2, 0.25) is 0 Å². The first kappa shape index (κ1) is 26.5. The highest BCUT2D eigenvalue weighted by Gasteiger charge is 2.09. The molecule has 0 rings (SSSR count). The molecule has 0 fully saturated rings. The number of allylic oxidation sites excluding steroid dienone is 3. The molecule has 0 nitrogen and oxygen atoms in total. The van der Waals surface area contributed by atoms with Crippen molar-refractivity contribution in [3.05, 3.63) is 23.8 Å². The second-order valence-corrected chi connectivity index (χ2v) is 9.38. The molecule has 0 aromatic carbocycles. The summed E-state index contributed by atoms with van der Waals surface area (Å²) in [6.07, 6.45) is 24.3. The Bertz CT molecular complexity index is 360. The van der Waals surface area contributed by atoms with Crippen molar-refractivity contribution >= 4 is 0 Å². The molecule has 0 heteroatoms. The van der Waals surface area contributed by atoms with Gasteiger partial charge in [0.2, 0.25) is 0 Å². The van der Waals surface area contributed by atoms with Crippen LogP contribution in [0.3, 0.4) is 0 Å². The third kappa shape index (κ3) is 17.3. The average molecular weight is 377 g/mol. The molecule has 27 heavy (non-hydrogen) atoms. The molecular weight excluding hydrogens is 324 g/mol. The maximum atomic E-state index is 3.85. The predicted octanol–water partition coefficient (Wildman–Crippen LogP) is 10.0. The average Bonchev–Trinajstić information content (AvgIpc) is 2.65. The van der Waals surface area contributed by atoms with Gasteiger partial charge in [-0.25, -0.2) is 0 Å². The van der Waals surface area contributed by atoms with Gasteiger partial charge in [0.05, 0.1) is 0 Å². The summed E-state index contributed by atoms with van der Waals surface area (Å²) in [5.41, 5.74) is 3.32. The van der Waals surface area contributed by atoms with Gasteiger partial charge in [-0.05, 0) is 64.2 Å². The van der Waals surface area contributed by atoms with Gasteiger partial charge in [-0.1, -0.05) is 102 Å². The maximum absolute atomic E-state index is 3.85. The van der Waals surface area contributed by atoms with Gasteiger partial charge in [-0.15, -0.1) is 6.58 Å². The molecule has 0 N–H and O–H groups in total. The zero-order chi connectivity index (χ0) is 20.3. The first-order valence-electron chi connectivity index (χ1n) is 12.3. The van der Waals surface area contributed by atoms with Crippen LogP contribution in [-0.2, 0) is 0 Å². The van der Waals surface area contributed by atoms with E-state index < -0.39 is 0 Å². The van der Waals surface area contributed by atoms with Gasteiger partial charge in [0, 0.05) is 0 Å². The van der Waals surface area contributed by atoms with Crippen LogP contribution in [0.1, 0.15) is 137 Å². The second kappa shape index (κ2) is 18.8. The van der Waals surface area contributed by atoms with Crippen LogP contribution in [0, 0.1) is 11.8 Å². The smallest absolute Gasteiger partial charge is 0.0320 e. The van der Waals surface area contributed by atoms with Crippen molar-refractivity contribution in [3.8, 4) is 0 Å². The van der Waals surface area contributed by atoms with E-state index in [1.54, 1.807) is 11.1 Å². The maximum Gasteiger partial charge on any atom is -0.0320 e. The quantitative estimate of drug-likeness (QED) is 0.155. The van der Waals surface area contributed by atoms with E-state index in [-0.39, 0.29) is 0 Å². The Kier molecular flexibility index (Phi) is 18.5. The fourth-order valence-electron chi connectivity index (χ4n) is 3.95. The van der Waals surface area contributed by atoms with E-state index in [1.165, 1.54) is 103 Å².